The highest BCUT2D eigenvalue weighted by molar-refractivity contribution is 7.16. The van der Waals surface area contributed by atoms with Gasteiger partial charge in [0.2, 0.25) is 0 Å². The van der Waals surface area contributed by atoms with Gasteiger partial charge in [-0.2, -0.15) is 0 Å². The van der Waals surface area contributed by atoms with Gasteiger partial charge in [0.05, 0.1) is 5.69 Å². The standard InChI is InChI=1S/C21H24N4OS/c1-15-7-6-8-18(13-15)25-12-11-24(14-16(25)2)20(26)19-17(3)22-21(27-19)23-9-4-5-10-23/h4-10,13,16H,11-12,14H2,1-3H3/t16-/m0/s1. The van der Waals surface area contributed by atoms with Crippen LogP contribution in [0.2, 0.25) is 0 Å². The van der Waals surface area contributed by atoms with Crippen LogP contribution in [0.15, 0.2) is 48.8 Å². The van der Waals surface area contributed by atoms with E-state index in [2.05, 4.69) is 48.0 Å². The second kappa shape index (κ2) is 7.19. The third kappa shape index (κ3) is 3.49. The lowest BCUT2D eigenvalue weighted by atomic mass is 10.1. The molecule has 1 fully saturated rings. The van der Waals surface area contributed by atoms with E-state index in [1.807, 2.05) is 40.9 Å². The Kier molecular flexibility index (Phi) is 4.74. The van der Waals surface area contributed by atoms with Gasteiger partial charge >= 0.3 is 0 Å². The molecule has 1 atom stereocenters. The van der Waals surface area contributed by atoms with Crippen molar-refractivity contribution >= 4 is 22.9 Å². The van der Waals surface area contributed by atoms with Crippen LogP contribution in [0.1, 0.15) is 27.9 Å². The lowest BCUT2D eigenvalue weighted by Crippen LogP contribution is -2.53. The summed E-state index contributed by atoms with van der Waals surface area (Å²) >= 11 is 1.47. The fourth-order valence-electron chi connectivity index (χ4n) is 3.63. The molecular weight excluding hydrogens is 356 g/mol. The molecule has 3 heterocycles. The minimum atomic E-state index is 0.0964. The number of carbonyl (C=O) groups excluding carboxylic acids is 1. The van der Waals surface area contributed by atoms with Crippen molar-refractivity contribution in [2.75, 3.05) is 24.5 Å². The summed E-state index contributed by atoms with van der Waals surface area (Å²) < 4.78 is 1.95. The smallest absolute Gasteiger partial charge is 0.266 e. The van der Waals surface area contributed by atoms with Crippen molar-refractivity contribution in [2.45, 2.75) is 26.8 Å². The largest absolute Gasteiger partial charge is 0.365 e. The van der Waals surface area contributed by atoms with Gasteiger partial charge < -0.3 is 14.4 Å². The summed E-state index contributed by atoms with van der Waals surface area (Å²) in [6.45, 7) is 8.52. The predicted molar refractivity (Wildman–Crippen MR) is 110 cm³/mol. The lowest BCUT2D eigenvalue weighted by molar-refractivity contribution is 0.0730. The van der Waals surface area contributed by atoms with E-state index in [4.69, 9.17) is 0 Å². The van der Waals surface area contributed by atoms with Gasteiger partial charge in [-0.05, 0) is 50.6 Å². The van der Waals surface area contributed by atoms with Crippen LogP contribution >= 0.6 is 11.3 Å². The monoisotopic (exact) mass is 380 g/mol. The van der Waals surface area contributed by atoms with E-state index in [0.717, 1.165) is 35.3 Å². The van der Waals surface area contributed by atoms with Crippen molar-refractivity contribution in [2.24, 2.45) is 0 Å². The number of amides is 1. The molecule has 5 nitrogen and oxygen atoms in total. The minimum absolute atomic E-state index is 0.0964. The molecule has 0 unspecified atom stereocenters. The molecule has 1 aliphatic heterocycles. The summed E-state index contributed by atoms with van der Waals surface area (Å²) in [5.41, 5.74) is 3.30. The number of thiazole rings is 1. The van der Waals surface area contributed by atoms with Gasteiger partial charge in [-0.25, -0.2) is 4.98 Å². The maximum Gasteiger partial charge on any atom is 0.266 e. The molecule has 140 valence electrons. The number of aryl methyl sites for hydroxylation is 2. The third-order valence-electron chi connectivity index (χ3n) is 5.05. The molecule has 1 aliphatic rings. The predicted octanol–water partition coefficient (Wildman–Crippen LogP) is 3.90. The zero-order valence-electron chi connectivity index (χ0n) is 15.9. The van der Waals surface area contributed by atoms with Crippen LogP contribution in [0.3, 0.4) is 0 Å². The summed E-state index contributed by atoms with van der Waals surface area (Å²) in [5.74, 6) is 0.0964. The van der Waals surface area contributed by atoms with E-state index in [9.17, 15) is 4.79 Å². The number of piperazine rings is 1. The normalized spacial score (nSPS) is 17.4. The number of carbonyl (C=O) groups is 1. The van der Waals surface area contributed by atoms with Crippen LogP contribution in [0, 0.1) is 13.8 Å². The zero-order valence-corrected chi connectivity index (χ0v) is 16.7. The second-order valence-electron chi connectivity index (χ2n) is 7.13. The molecule has 6 heteroatoms. The molecule has 0 saturated carbocycles. The molecule has 27 heavy (non-hydrogen) atoms. The Bertz CT molecular complexity index is 947. The number of hydrogen-bond acceptors (Lipinski definition) is 4. The fraction of sp³-hybridized carbons (Fsp3) is 0.333. The summed E-state index contributed by atoms with van der Waals surface area (Å²) in [6.07, 6.45) is 3.91. The lowest BCUT2D eigenvalue weighted by Gasteiger charge is -2.41. The summed E-state index contributed by atoms with van der Waals surface area (Å²) in [4.78, 5) is 22.8. The summed E-state index contributed by atoms with van der Waals surface area (Å²) in [5, 5.41) is 0.840. The molecule has 1 aromatic carbocycles. The molecule has 1 saturated heterocycles. The van der Waals surface area contributed by atoms with Crippen LogP contribution in [0.25, 0.3) is 5.13 Å². The third-order valence-corrected chi connectivity index (χ3v) is 6.21. The van der Waals surface area contributed by atoms with Crippen molar-refractivity contribution in [1.29, 1.82) is 0 Å². The van der Waals surface area contributed by atoms with Gasteiger partial charge in [-0.15, -0.1) is 0 Å². The van der Waals surface area contributed by atoms with Gasteiger partial charge in [0.15, 0.2) is 5.13 Å². The highest BCUT2D eigenvalue weighted by Gasteiger charge is 2.29. The zero-order chi connectivity index (χ0) is 19.0. The number of aromatic nitrogens is 2. The van der Waals surface area contributed by atoms with Crippen molar-refractivity contribution in [1.82, 2.24) is 14.5 Å². The van der Waals surface area contributed by atoms with Gasteiger partial charge in [0.1, 0.15) is 4.88 Å². The number of benzene rings is 1. The van der Waals surface area contributed by atoms with Crippen LogP contribution in [0.5, 0.6) is 0 Å². The maximum atomic E-state index is 13.1. The maximum absolute atomic E-state index is 13.1. The fourth-order valence-corrected chi connectivity index (χ4v) is 4.63. The Morgan fingerprint density at radius 3 is 2.63 bits per heavy atom. The molecule has 1 amide bonds. The highest BCUT2D eigenvalue weighted by Crippen LogP contribution is 2.26. The number of hydrogen-bond donors (Lipinski definition) is 0. The second-order valence-corrected chi connectivity index (χ2v) is 8.11. The topological polar surface area (TPSA) is 41.4 Å². The number of nitrogens with zero attached hydrogens (tertiary/aromatic N) is 4. The van der Waals surface area contributed by atoms with E-state index in [-0.39, 0.29) is 11.9 Å². The van der Waals surface area contributed by atoms with Crippen molar-refractivity contribution in [3.05, 3.63) is 64.9 Å². The molecule has 0 bridgehead atoms. The molecular formula is C21H24N4OS. The van der Waals surface area contributed by atoms with Gasteiger partial charge in [0, 0.05) is 43.8 Å². The van der Waals surface area contributed by atoms with Gasteiger partial charge in [-0.1, -0.05) is 23.5 Å². The van der Waals surface area contributed by atoms with Crippen LogP contribution in [-0.2, 0) is 0 Å². The molecule has 2 aromatic heterocycles. The van der Waals surface area contributed by atoms with Gasteiger partial charge in [-0.3, -0.25) is 4.79 Å². The molecule has 4 rings (SSSR count). The van der Waals surface area contributed by atoms with E-state index < -0.39 is 0 Å². The molecule has 0 N–H and O–H groups in total. The molecule has 0 spiro atoms. The average molecular weight is 381 g/mol. The van der Waals surface area contributed by atoms with Gasteiger partial charge in [0.25, 0.3) is 5.91 Å². The first-order valence-corrected chi connectivity index (χ1v) is 10.1. The van der Waals surface area contributed by atoms with E-state index in [1.165, 1.54) is 22.6 Å². The average Bonchev–Trinajstić information content (AvgIpc) is 3.30. The molecule has 0 radical (unpaired) electrons. The van der Waals surface area contributed by atoms with E-state index in [0.29, 0.717) is 0 Å². The first-order valence-electron chi connectivity index (χ1n) is 9.26. The Morgan fingerprint density at radius 2 is 1.93 bits per heavy atom. The Labute approximate surface area is 163 Å². The molecule has 3 aromatic rings. The van der Waals surface area contributed by atoms with E-state index >= 15 is 0 Å². The Morgan fingerprint density at radius 1 is 1.15 bits per heavy atom. The summed E-state index contributed by atoms with van der Waals surface area (Å²) in [6, 6.07) is 12.8. The highest BCUT2D eigenvalue weighted by atomic mass is 32.1. The van der Waals surface area contributed by atoms with Crippen LogP contribution in [0.4, 0.5) is 5.69 Å². The summed E-state index contributed by atoms with van der Waals surface area (Å²) in [7, 11) is 0. The van der Waals surface area contributed by atoms with Crippen molar-refractivity contribution in [3.8, 4) is 5.13 Å². The SMILES string of the molecule is Cc1cccc(N2CCN(C(=O)c3sc(-n4cccc4)nc3C)C[C@@H]2C)c1. The first-order chi connectivity index (χ1) is 13.0. The minimum Gasteiger partial charge on any atom is -0.365 e. The number of anilines is 1. The van der Waals surface area contributed by atoms with Crippen LogP contribution < -0.4 is 4.90 Å². The van der Waals surface area contributed by atoms with Crippen LogP contribution in [-0.4, -0.2) is 46.0 Å². The quantitative estimate of drug-likeness (QED) is 0.692. The van der Waals surface area contributed by atoms with Crippen molar-refractivity contribution < 1.29 is 4.79 Å². The molecule has 0 aliphatic carbocycles. The Balaban J connectivity index is 1.50. The number of rotatable bonds is 3. The van der Waals surface area contributed by atoms with E-state index in [1.54, 1.807) is 0 Å². The Hall–Kier alpha value is -2.60. The first kappa shape index (κ1) is 17.8. The van der Waals surface area contributed by atoms with Crippen molar-refractivity contribution in [3.63, 3.8) is 0 Å².